The van der Waals surface area contributed by atoms with Crippen molar-refractivity contribution >= 4 is 0 Å². The quantitative estimate of drug-likeness (QED) is 0.682. The fraction of sp³-hybridized carbons (Fsp3) is 0.667. The van der Waals surface area contributed by atoms with Crippen molar-refractivity contribution in [3.63, 3.8) is 0 Å². The predicted molar refractivity (Wildman–Crippen MR) is 46.7 cm³/mol. The normalized spacial score (nSPS) is 16.0. The molecule has 0 aliphatic rings. The van der Waals surface area contributed by atoms with Crippen LogP contribution in [0.2, 0.25) is 0 Å². The molecule has 0 aliphatic carbocycles. The molecule has 1 aromatic heterocycles. The lowest BCUT2D eigenvalue weighted by Crippen LogP contribution is -2.26. The number of hydrogen-bond donors (Lipinski definition) is 0. The Morgan fingerprint density at radius 2 is 2.42 bits per heavy atom. The van der Waals surface area contributed by atoms with Gasteiger partial charge < -0.3 is 4.74 Å². The number of aryl methyl sites for hydroxylation is 1. The molecule has 0 saturated carbocycles. The van der Waals surface area contributed by atoms with E-state index < -0.39 is 0 Å². The Morgan fingerprint density at radius 1 is 1.75 bits per heavy atom. The van der Waals surface area contributed by atoms with E-state index in [-0.39, 0.29) is 5.60 Å². The summed E-state index contributed by atoms with van der Waals surface area (Å²) in [5, 5.41) is 3.99. The number of methoxy groups -OCH3 is 1. The standard InChI is InChI=1S/C9H15N2O/c1-5-9(2,12-4)8-6-7-10-11(8)3/h6H,5H2,1-4H3. The maximum absolute atomic E-state index is 5.43. The number of aromatic nitrogens is 2. The van der Waals surface area contributed by atoms with Crippen LogP contribution in [0.1, 0.15) is 26.0 Å². The van der Waals surface area contributed by atoms with Gasteiger partial charge in [-0.2, -0.15) is 5.10 Å². The fourth-order valence-corrected chi connectivity index (χ4v) is 1.25. The number of rotatable bonds is 3. The van der Waals surface area contributed by atoms with Gasteiger partial charge in [0.1, 0.15) is 11.8 Å². The van der Waals surface area contributed by atoms with Crippen molar-refractivity contribution in [3.05, 3.63) is 18.0 Å². The Hall–Kier alpha value is -0.830. The third-order valence-electron chi connectivity index (χ3n) is 2.42. The van der Waals surface area contributed by atoms with Crippen molar-refractivity contribution in [1.82, 2.24) is 9.78 Å². The van der Waals surface area contributed by atoms with Crippen molar-refractivity contribution < 1.29 is 4.74 Å². The zero-order valence-corrected chi connectivity index (χ0v) is 8.09. The highest BCUT2D eigenvalue weighted by atomic mass is 16.5. The lowest BCUT2D eigenvalue weighted by atomic mass is 9.99. The molecule has 0 fully saturated rings. The van der Waals surface area contributed by atoms with E-state index in [4.69, 9.17) is 4.74 Å². The SMILES string of the molecule is CCC(C)(OC)c1c[c]nn1C. The van der Waals surface area contributed by atoms with Gasteiger partial charge in [-0.3, -0.25) is 4.68 Å². The summed E-state index contributed by atoms with van der Waals surface area (Å²) in [5.74, 6) is 0. The molecule has 0 bridgehead atoms. The average molecular weight is 167 g/mol. The molecule has 0 aromatic carbocycles. The number of hydrogen-bond acceptors (Lipinski definition) is 2. The van der Waals surface area contributed by atoms with Crippen LogP contribution >= 0.6 is 0 Å². The molecule has 0 amide bonds. The summed E-state index contributed by atoms with van der Waals surface area (Å²) in [6.07, 6.45) is 3.73. The van der Waals surface area contributed by atoms with Crippen molar-refractivity contribution in [2.75, 3.05) is 7.11 Å². The summed E-state index contributed by atoms with van der Waals surface area (Å²) in [6, 6.07) is 1.87. The fourth-order valence-electron chi connectivity index (χ4n) is 1.25. The van der Waals surface area contributed by atoms with Crippen molar-refractivity contribution in [3.8, 4) is 0 Å². The summed E-state index contributed by atoms with van der Waals surface area (Å²) < 4.78 is 7.23. The second-order valence-corrected chi connectivity index (χ2v) is 3.07. The molecular weight excluding hydrogens is 152 g/mol. The third kappa shape index (κ3) is 1.37. The van der Waals surface area contributed by atoms with Gasteiger partial charge >= 0.3 is 0 Å². The molecule has 0 saturated heterocycles. The van der Waals surface area contributed by atoms with Gasteiger partial charge in [0.05, 0.1) is 5.69 Å². The first kappa shape index (κ1) is 9.26. The average Bonchev–Trinajstić information content (AvgIpc) is 2.51. The minimum Gasteiger partial charge on any atom is -0.372 e. The molecular formula is C9H15N2O. The molecule has 67 valence electrons. The lowest BCUT2D eigenvalue weighted by molar-refractivity contribution is -0.00806. The molecule has 0 aliphatic heterocycles. The molecule has 1 aromatic rings. The van der Waals surface area contributed by atoms with Crippen LogP contribution in [0.25, 0.3) is 0 Å². The highest BCUT2D eigenvalue weighted by Crippen LogP contribution is 2.26. The maximum Gasteiger partial charge on any atom is 0.113 e. The molecule has 1 unspecified atom stereocenters. The molecule has 0 spiro atoms. The topological polar surface area (TPSA) is 27.1 Å². The third-order valence-corrected chi connectivity index (χ3v) is 2.42. The van der Waals surface area contributed by atoms with Gasteiger partial charge in [0, 0.05) is 14.2 Å². The summed E-state index contributed by atoms with van der Waals surface area (Å²) >= 11 is 0. The molecule has 3 nitrogen and oxygen atoms in total. The van der Waals surface area contributed by atoms with Gasteiger partial charge in [-0.05, 0) is 19.4 Å². The van der Waals surface area contributed by atoms with Crippen LogP contribution in [-0.4, -0.2) is 16.9 Å². The minimum absolute atomic E-state index is 0.234. The summed E-state index contributed by atoms with van der Waals surface area (Å²) in [6.45, 7) is 4.15. The highest BCUT2D eigenvalue weighted by Gasteiger charge is 2.26. The molecule has 3 heteroatoms. The Bertz CT molecular complexity index is 251. The molecule has 1 radical (unpaired) electrons. The Labute approximate surface area is 73.3 Å². The van der Waals surface area contributed by atoms with E-state index in [0.717, 1.165) is 12.1 Å². The molecule has 1 heterocycles. The van der Waals surface area contributed by atoms with Crippen LogP contribution in [0.15, 0.2) is 6.07 Å². The minimum atomic E-state index is -0.234. The van der Waals surface area contributed by atoms with E-state index >= 15 is 0 Å². The summed E-state index contributed by atoms with van der Waals surface area (Å²) in [7, 11) is 3.62. The van der Waals surface area contributed by atoms with Crippen LogP contribution in [0.5, 0.6) is 0 Å². The van der Waals surface area contributed by atoms with Crippen LogP contribution < -0.4 is 0 Å². The molecule has 0 N–H and O–H groups in total. The predicted octanol–water partition coefficient (Wildman–Crippen LogP) is 1.49. The van der Waals surface area contributed by atoms with Crippen molar-refractivity contribution in [2.24, 2.45) is 7.05 Å². The first-order chi connectivity index (χ1) is 5.64. The monoisotopic (exact) mass is 167 g/mol. The Kier molecular flexibility index (Phi) is 2.52. The van der Waals surface area contributed by atoms with E-state index in [0.29, 0.717) is 0 Å². The van der Waals surface area contributed by atoms with Gasteiger partial charge in [0.25, 0.3) is 0 Å². The van der Waals surface area contributed by atoms with Gasteiger partial charge in [-0.25, -0.2) is 0 Å². The van der Waals surface area contributed by atoms with Crippen molar-refractivity contribution in [2.45, 2.75) is 25.9 Å². The van der Waals surface area contributed by atoms with E-state index in [1.807, 2.05) is 13.1 Å². The second kappa shape index (κ2) is 3.27. The first-order valence-corrected chi connectivity index (χ1v) is 4.09. The smallest absolute Gasteiger partial charge is 0.113 e. The van der Waals surface area contributed by atoms with E-state index in [2.05, 4.69) is 25.1 Å². The lowest BCUT2D eigenvalue weighted by Gasteiger charge is -2.26. The largest absolute Gasteiger partial charge is 0.372 e. The zero-order valence-electron chi connectivity index (χ0n) is 8.09. The zero-order chi connectivity index (χ0) is 9.19. The Balaban J connectivity index is 3.02. The van der Waals surface area contributed by atoms with Gasteiger partial charge in [-0.1, -0.05) is 6.92 Å². The first-order valence-electron chi connectivity index (χ1n) is 4.09. The highest BCUT2D eigenvalue weighted by molar-refractivity contribution is 5.09. The van der Waals surface area contributed by atoms with E-state index in [1.54, 1.807) is 11.8 Å². The van der Waals surface area contributed by atoms with Crippen LogP contribution in [0.4, 0.5) is 0 Å². The Morgan fingerprint density at radius 3 is 2.75 bits per heavy atom. The van der Waals surface area contributed by atoms with Crippen LogP contribution in [-0.2, 0) is 17.4 Å². The summed E-state index contributed by atoms with van der Waals surface area (Å²) in [4.78, 5) is 0. The van der Waals surface area contributed by atoms with Gasteiger partial charge in [0.2, 0.25) is 0 Å². The van der Waals surface area contributed by atoms with Gasteiger partial charge in [-0.15, -0.1) is 0 Å². The molecule has 12 heavy (non-hydrogen) atoms. The van der Waals surface area contributed by atoms with Crippen molar-refractivity contribution in [1.29, 1.82) is 0 Å². The van der Waals surface area contributed by atoms with E-state index in [1.165, 1.54) is 0 Å². The van der Waals surface area contributed by atoms with Gasteiger partial charge in [0.15, 0.2) is 0 Å². The maximum atomic E-state index is 5.43. The second-order valence-electron chi connectivity index (χ2n) is 3.07. The summed E-state index contributed by atoms with van der Waals surface area (Å²) in [5.41, 5.74) is 0.828. The van der Waals surface area contributed by atoms with Crippen LogP contribution in [0.3, 0.4) is 0 Å². The molecule has 1 rings (SSSR count). The number of ether oxygens (including phenoxy) is 1. The number of nitrogens with zero attached hydrogens (tertiary/aromatic N) is 2. The van der Waals surface area contributed by atoms with E-state index in [9.17, 15) is 0 Å². The van der Waals surface area contributed by atoms with Crippen LogP contribution in [0, 0.1) is 6.20 Å². The molecule has 1 atom stereocenters.